The summed E-state index contributed by atoms with van der Waals surface area (Å²) in [7, 11) is 0. The standard InChI is InChI=1S/C58H41NO/c1-57(2)48-27-11-6-23-43(48)46-35-34-41(37-51(46)57)59(53-31-17-33-55-56(53)47-26-10-15-32-54(47)60-55)52-30-14-9-22-42(52)38-18-16-21-40(36-38)58(39-19-4-3-5-20-39)49-28-12-7-24-44(49)45-25-8-13-29-50(45)58/h3-37H,1-2H3. The molecule has 0 atom stereocenters. The summed E-state index contributed by atoms with van der Waals surface area (Å²) in [6, 6.07) is 78.0. The zero-order valence-corrected chi connectivity index (χ0v) is 33.6. The Bertz CT molecular complexity index is 3270. The molecule has 60 heavy (non-hydrogen) atoms. The van der Waals surface area contributed by atoms with Crippen LogP contribution in [0.15, 0.2) is 217 Å². The van der Waals surface area contributed by atoms with Gasteiger partial charge in [0.05, 0.1) is 22.2 Å². The third-order valence-electron chi connectivity index (χ3n) is 13.4. The Balaban J connectivity index is 1.11. The Morgan fingerprint density at radius 1 is 0.383 bits per heavy atom. The third-order valence-corrected chi connectivity index (χ3v) is 13.4. The molecule has 1 heterocycles. The van der Waals surface area contributed by atoms with E-state index in [4.69, 9.17) is 4.42 Å². The normalized spacial score (nSPS) is 14.1. The Morgan fingerprint density at radius 2 is 0.933 bits per heavy atom. The summed E-state index contributed by atoms with van der Waals surface area (Å²) < 4.78 is 6.54. The highest BCUT2D eigenvalue weighted by atomic mass is 16.3. The van der Waals surface area contributed by atoms with Gasteiger partial charge in [0.25, 0.3) is 0 Å². The monoisotopic (exact) mass is 767 g/mol. The first-order valence-corrected chi connectivity index (χ1v) is 20.9. The molecule has 1 aromatic heterocycles. The lowest BCUT2D eigenvalue weighted by molar-refractivity contribution is 0.660. The van der Waals surface area contributed by atoms with Crippen molar-refractivity contribution < 1.29 is 4.42 Å². The molecule has 0 N–H and O–H groups in total. The fourth-order valence-corrected chi connectivity index (χ4v) is 10.7. The third kappa shape index (κ3) is 4.82. The second-order valence-electron chi connectivity index (χ2n) is 16.8. The second-order valence-corrected chi connectivity index (χ2v) is 16.8. The van der Waals surface area contributed by atoms with Crippen molar-refractivity contribution in [3.63, 3.8) is 0 Å². The number of hydrogen-bond donors (Lipinski definition) is 0. The summed E-state index contributed by atoms with van der Waals surface area (Å²) in [6.07, 6.45) is 0. The van der Waals surface area contributed by atoms with Crippen LogP contribution in [0.5, 0.6) is 0 Å². The number of furan rings is 1. The molecule has 12 rings (SSSR count). The van der Waals surface area contributed by atoms with Gasteiger partial charge < -0.3 is 9.32 Å². The van der Waals surface area contributed by atoms with Crippen LogP contribution >= 0.6 is 0 Å². The molecule has 10 aromatic rings. The van der Waals surface area contributed by atoms with E-state index in [1.54, 1.807) is 0 Å². The Morgan fingerprint density at radius 3 is 1.70 bits per heavy atom. The number of para-hydroxylation sites is 2. The van der Waals surface area contributed by atoms with E-state index in [2.05, 4.69) is 225 Å². The second kappa shape index (κ2) is 13.0. The minimum atomic E-state index is -0.499. The number of benzene rings is 9. The Hall–Kier alpha value is -7.42. The quantitative estimate of drug-likeness (QED) is 0.168. The highest BCUT2D eigenvalue weighted by Gasteiger charge is 2.46. The number of nitrogens with zero attached hydrogens (tertiary/aromatic N) is 1. The van der Waals surface area contributed by atoms with E-state index in [9.17, 15) is 0 Å². The predicted octanol–water partition coefficient (Wildman–Crippen LogP) is 15.4. The van der Waals surface area contributed by atoms with Crippen LogP contribution in [0.3, 0.4) is 0 Å². The largest absolute Gasteiger partial charge is 0.456 e. The maximum atomic E-state index is 6.54. The number of hydrogen-bond acceptors (Lipinski definition) is 2. The molecule has 0 fully saturated rings. The maximum absolute atomic E-state index is 6.54. The van der Waals surface area contributed by atoms with E-state index in [1.807, 2.05) is 6.07 Å². The molecule has 0 saturated heterocycles. The van der Waals surface area contributed by atoms with Gasteiger partial charge in [-0.1, -0.05) is 184 Å². The molecule has 0 amide bonds. The van der Waals surface area contributed by atoms with Gasteiger partial charge in [-0.3, -0.25) is 0 Å². The van der Waals surface area contributed by atoms with Gasteiger partial charge in [0.1, 0.15) is 11.2 Å². The van der Waals surface area contributed by atoms with Crippen LogP contribution in [0.25, 0.3) is 55.3 Å². The highest BCUT2D eigenvalue weighted by molar-refractivity contribution is 6.14. The minimum Gasteiger partial charge on any atom is -0.456 e. The lowest BCUT2D eigenvalue weighted by Gasteiger charge is -2.34. The number of anilines is 3. The van der Waals surface area contributed by atoms with Crippen LogP contribution in [0.2, 0.25) is 0 Å². The van der Waals surface area contributed by atoms with Gasteiger partial charge in [-0.05, 0) is 104 Å². The lowest BCUT2D eigenvalue weighted by Crippen LogP contribution is -2.28. The van der Waals surface area contributed by atoms with Gasteiger partial charge in [0.15, 0.2) is 0 Å². The predicted molar refractivity (Wildman–Crippen MR) is 249 cm³/mol. The van der Waals surface area contributed by atoms with Crippen molar-refractivity contribution in [1.29, 1.82) is 0 Å². The first-order chi connectivity index (χ1) is 29.5. The summed E-state index contributed by atoms with van der Waals surface area (Å²) in [5.41, 5.74) is 19.7. The van der Waals surface area contributed by atoms with Crippen LogP contribution < -0.4 is 4.90 Å². The average Bonchev–Trinajstić information content (AvgIpc) is 3.91. The molecule has 0 spiro atoms. The molecule has 0 saturated carbocycles. The summed E-state index contributed by atoms with van der Waals surface area (Å²) in [6.45, 7) is 4.72. The van der Waals surface area contributed by atoms with Gasteiger partial charge in [-0.15, -0.1) is 0 Å². The molecule has 0 radical (unpaired) electrons. The van der Waals surface area contributed by atoms with E-state index in [0.717, 1.165) is 50.1 Å². The van der Waals surface area contributed by atoms with E-state index < -0.39 is 5.41 Å². The van der Waals surface area contributed by atoms with Crippen LogP contribution in [-0.2, 0) is 10.8 Å². The van der Waals surface area contributed by atoms with E-state index in [1.165, 1.54) is 55.6 Å². The smallest absolute Gasteiger partial charge is 0.137 e. The van der Waals surface area contributed by atoms with Gasteiger partial charge in [-0.2, -0.15) is 0 Å². The summed E-state index contributed by atoms with van der Waals surface area (Å²) in [4.78, 5) is 2.47. The molecule has 2 aliphatic rings. The van der Waals surface area contributed by atoms with Crippen molar-refractivity contribution in [1.82, 2.24) is 0 Å². The summed E-state index contributed by atoms with van der Waals surface area (Å²) in [5.74, 6) is 0. The van der Waals surface area contributed by atoms with Gasteiger partial charge >= 0.3 is 0 Å². The van der Waals surface area contributed by atoms with Gasteiger partial charge in [0, 0.05) is 22.1 Å². The number of fused-ring (bicyclic) bond motifs is 9. The fourth-order valence-electron chi connectivity index (χ4n) is 10.7. The Labute approximate surface area is 350 Å². The minimum absolute atomic E-state index is 0.157. The highest BCUT2D eigenvalue weighted by Crippen LogP contribution is 2.57. The molecule has 2 nitrogen and oxygen atoms in total. The van der Waals surface area contributed by atoms with Gasteiger partial charge in [-0.25, -0.2) is 0 Å². The molecular weight excluding hydrogens is 727 g/mol. The molecule has 284 valence electrons. The van der Waals surface area contributed by atoms with Crippen molar-refractivity contribution in [3.8, 4) is 33.4 Å². The van der Waals surface area contributed by atoms with E-state index >= 15 is 0 Å². The fraction of sp³-hybridized carbons (Fsp3) is 0.0690. The molecule has 9 aromatic carbocycles. The van der Waals surface area contributed by atoms with E-state index in [-0.39, 0.29) is 5.41 Å². The molecule has 0 bridgehead atoms. The molecular formula is C58H41NO. The summed E-state index contributed by atoms with van der Waals surface area (Å²) in [5, 5.41) is 2.20. The molecule has 2 aliphatic carbocycles. The molecule has 0 aliphatic heterocycles. The van der Waals surface area contributed by atoms with Crippen molar-refractivity contribution in [2.75, 3.05) is 4.90 Å². The van der Waals surface area contributed by atoms with Crippen molar-refractivity contribution in [3.05, 3.63) is 246 Å². The summed E-state index contributed by atoms with van der Waals surface area (Å²) >= 11 is 0. The van der Waals surface area contributed by atoms with Crippen molar-refractivity contribution in [2.45, 2.75) is 24.7 Å². The lowest BCUT2D eigenvalue weighted by atomic mass is 9.67. The topological polar surface area (TPSA) is 16.4 Å². The SMILES string of the molecule is CC1(C)c2ccccc2-c2ccc(N(c3ccccc3-c3cccc(C4(c5ccccc5)c5ccccc5-c5ccccc54)c3)c3cccc4oc5ccccc5c34)cc21. The number of rotatable bonds is 6. The first-order valence-electron chi connectivity index (χ1n) is 20.9. The van der Waals surface area contributed by atoms with Crippen LogP contribution in [0.4, 0.5) is 17.1 Å². The van der Waals surface area contributed by atoms with Crippen LogP contribution in [-0.4, -0.2) is 0 Å². The average molecular weight is 768 g/mol. The first kappa shape index (κ1) is 34.6. The van der Waals surface area contributed by atoms with Crippen LogP contribution in [0.1, 0.15) is 47.2 Å². The molecule has 2 heteroatoms. The molecule has 0 unspecified atom stereocenters. The van der Waals surface area contributed by atoms with E-state index in [0.29, 0.717) is 0 Å². The van der Waals surface area contributed by atoms with Crippen molar-refractivity contribution in [2.24, 2.45) is 0 Å². The Kier molecular flexibility index (Phi) is 7.52. The zero-order valence-electron chi connectivity index (χ0n) is 33.6. The van der Waals surface area contributed by atoms with Crippen molar-refractivity contribution >= 4 is 39.0 Å². The zero-order chi connectivity index (χ0) is 40.0. The van der Waals surface area contributed by atoms with Crippen LogP contribution in [0, 0.1) is 0 Å². The maximum Gasteiger partial charge on any atom is 0.137 e. The van der Waals surface area contributed by atoms with Gasteiger partial charge in [0.2, 0.25) is 0 Å².